The van der Waals surface area contributed by atoms with Gasteiger partial charge >= 0.3 is 6.18 Å². The summed E-state index contributed by atoms with van der Waals surface area (Å²) in [5.41, 5.74) is 1.58. The molecule has 0 amide bonds. The van der Waals surface area contributed by atoms with Crippen LogP contribution < -0.4 is 0 Å². The van der Waals surface area contributed by atoms with Crippen molar-refractivity contribution in [3.8, 4) is 23.1 Å². The molecule has 3 aromatic rings. The smallest absolute Gasteiger partial charge is 0.292 e. The lowest BCUT2D eigenvalue weighted by atomic mass is 10.0. The summed E-state index contributed by atoms with van der Waals surface area (Å²) in [7, 11) is 1.97. The van der Waals surface area contributed by atoms with Crippen LogP contribution in [-0.4, -0.2) is 29.4 Å². The van der Waals surface area contributed by atoms with Crippen molar-refractivity contribution in [1.29, 1.82) is 0 Å². The summed E-state index contributed by atoms with van der Waals surface area (Å²) >= 11 is 1.32. The highest BCUT2D eigenvalue weighted by Crippen LogP contribution is 2.34. The Bertz CT molecular complexity index is 1010. The quantitative estimate of drug-likeness (QED) is 0.438. The Balaban J connectivity index is 1.84. The average molecular weight is 386 g/mol. The van der Waals surface area contributed by atoms with Crippen molar-refractivity contribution in [3.63, 3.8) is 0 Å². The molecule has 0 radical (unpaired) electrons. The molecule has 0 spiro atoms. The van der Waals surface area contributed by atoms with Crippen LogP contribution in [0.2, 0.25) is 0 Å². The van der Waals surface area contributed by atoms with E-state index in [9.17, 15) is 13.2 Å². The number of aromatic nitrogens is 1. The van der Waals surface area contributed by atoms with Crippen LogP contribution in [0, 0.1) is 11.8 Å². The first kappa shape index (κ1) is 19.2. The number of rotatable bonds is 4. The number of alkyl halides is 3. The van der Waals surface area contributed by atoms with Crippen LogP contribution in [0.1, 0.15) is 11.1 Å². The third-order valence-electron chi connectivity index (χ3n) is 3.98. The molecule has 0 unspecified atom stereocenters. The maximum atomic E-state index is 12.7. The molecule has 0 fully saturated rings. The normalized spacial score (nSPS) is 11.4. The van der Waals surface area contributed by atoms with E-state index in [0.29, 0.717) is 17.8 Å². The molecule has 0 atom stereocenters. The van der Waals surface area contributed by atoms with Gasteiger partial charge in [0.1, 0.15) is 0 Å². The van der Waals surface area contributed by atoms with E-state index >= 15 is 0 Å². The Morgan fingerprint density at radius 2 is 1.93 bits per heavy atom. The summed E-state index contributed by atoms with van der Waals surface area (Å²) in [5, 5.41) is 0.911. The fourth-order valence-corrected chi connectivity index (χ4v) is 3.44. The molecule has 1 aromatic heterocycles. The lowest BCUT2D eigenvalue weighted by Gasteiger charge is -2.08. The van der Waals surface area contributed by atoms with Gasteiger partial charge in [0.2, 0.25) is 0 Å². The zero-order valence-electron chi connectivity index (χ0n) is 14.7. The number of nitrogens with zero attached hydrogens (tertiary/aromatic N) is 2. The molecule has 0 bridgehead atoms. The van der Waals surface area contributed by atoms with Crippen molar-refractivity contribution in [2.45, 2.75) is 6.18 Å². The third kappa shape index (κ3) is 4.57. The zero-order chi connectivity index (χ0) is 19.4. The average Bonchev–Trinajstić information content (AvgIpc) is 3.04. The minimum Gasteiger partial charge on any atom is -0.292 e. The highest BCUT2D eigenvalue weighted by Gasteiger charge is 2.30. The van der Waals surface area contributed by atoms with Crippen molar-refractivity contribution in [1.82, 2.24) is 9.27 Å². The largest absolute Gasteiger partial charge is 0.416 e. The molecule has 1 heterocycles. The predicted molar refractivity (Wildman–Crippen MR) is 105 cm³/mol. The van der Waals surface area contributed by atoms with Gasteiger partial charge in [-0.15, -0.1) is 6.58 Å². The molecule has 3 rings (SSSR count). The van der Waals surface area contributed by atoms with Gasteiger partial charge < -0.3 is 0 Å². The summed E-state index contributed by atoms with van der Waals surface area (Å²) in [6.07, 6.45) is -2.51. The Hall–Kier alpha value is -2.62. The lowest BCUT2D eigenvalue weighted by molar-refractivity contribution is -0.137. The van der Waals surface area contributed by atoms with Crippen LogP contribution in [-0.2, 0) is 6.18 Å². The number of hydrogen-bond donors (Lipinski definition) is 0. The monoisotopic (exact) mass is 386 g/mol. The SMILES string of the molecule is C=CCN(C)CC#Cc1ccc2c(-c3ccc(C(F)(F)F)cc3)nsc2c1. The first-order chi connectivity index (χ1) is 12.9. The van der Waals surface area contributed by atoms with E-state index in [2.05, 4.69) is 22.8 Å². The second-order valence-electron chi connectivity index (χ2n) is 6.10. The molecule has 0 aliphatic carbocycles. The Kier molecular flexibility index (Phi) is 5.64. The van der Waals surface area contributed by atoms with Gasteiger partial charge in [0.05, 0.1) is 22.5 Å². The minimum atomic E-state index is -4.34. The van der Waals surface area contributed by atoms with Crippen molar-refractivity contribution in [3.05, 3.63) is 66.2 Å². The number of halogens is 3. The lowest BCUT2D eigenvalue weighted by Crippen LogP contribution is -2.17. The molecule has 2 nitrogen and oxygen atoms in total. The summed E-state index contributed by atoms with van der Waals surface area (Å²) in [4.78, 5) is 2.05. The maximum absolute atomic E-state index is 12.7. The van der Waals surface area contributed by atoms with Crippen LogP contribution in [0.25, 0.3) is 21.3 Å². The molecular weight excluding hydrogens is 369 g/mol. The van der Waals surface area contributed by atoms with E-state index < -0.39 is 11.7 Å². The van der Waals surface area contributed by atoms with Crippen molar-refractivity contribution < 1.29 is 13.2 Å². The molecule has 2 aromatic carbocycles. The van der Waals surface area contributed by atoms with Gasteiger partial charge in [-0.25, -0.2) is 0 Å². The number of likely N-dealkylation sites (N-methyl/N-ethyl adjacent to an activating group) is 1. The molecule has 27 heavy (non-hydrogen) atoms. The first-order valence-corrected chi connectivity index (χ1v) is 9.01. The fraction of sp³-hybridized carbons (Fsp3) is 0.190. The van der Waals surface area contributed by atoms with Gasteiger partial charge in [-0.1, -0.05) is 36.1 Å². The Morgan fingerprint density at radius 1 is 1.19 bits per heavy atom. The molecule has 0 aliphatic rings. The van der Waals surface area contributed by atoms with Crippen LogP contribution >= 0.6 is 11.5 Å². The van der Waals surface area contributed by atoms with Gasteiger partial charge in [0.25, 0.3) is 0 Å². The van der Waals surface area contributed by atoms with E-state index in [4.69, 9.17) is 0 Å². The molecule has 0 saturated heterocycles. The fourth-order valence-electron chi connectivity index (χ4n) is 2.60. The van der Waals surface area contributed by atoms with Gasteiger partial charge in [-0.3, -0.25) is 4.90 Å². The topological polar surface area (TPSA) is 16.1 Å². The van der Waals surface area contributed by atoms with E-state index in [0.717, 1.165) is 34.3 Å². The van der Waals surface area contributed by atoms with Crippen molar-refractivity contribution in [2.24, 2.45) is 0 Å². The van der Waals surface area contributed by atoms with Gasteiger partial charge in [0, 0.05) is 23.1 Å². The standard InChI is InChI=1S/C21H17F3N2S/c1-3-12-26(2)13-4-5-15-6-11-18-19(14-15)27-25-20(18)16-7-9-17(10-8-16)21(22,23)24/h3,6-11,14H,1,12-13H2,2H3. The summed E-state index contributed by atoms with van der Waals surface area (Å²) in [6.45, 7) is 5.11. The molecular formula is C21H17F3N2S. The number of hydrogen-bond acceptors (Lipinski definition) is 3. The molecule has 0 N–H and O–H groups in total. The molecule has 138 valence electrons. The van der Waals surface area contributed by atoms with Crippen LogP contribution in [0.3, 0.4) is 0 Å². The molecule has 0 aliphatic heterocycles. The van der Waals surface area contributed by atoms with Crippen molar-refractivity contribution >= 4 is 21.6 Å². The van der Waals surface area contributed by atoms with Gasteiger partial charge in [-0.05, 0) is 42.8 Å². The third-order valence-corrected chi connectivity index (χ3v) is 4.79. The van der Waals surface area contributed by atoms with Gasteiger partial charge in [0.15, 0.2) is 0 Å². The summed E-state index contributed by atoms with van der Waals surface area (Å²) in [6, 6.07) is 10.9. The van der Waals surface area contributed by atoms with E-state index in [1.807, 2.05) is 36.2 Å². The second kappa shape index (κ2) is 7.95. The Morgan fingerprint density at radius 3 is 2.59 bits per heavy atom. The van der Waals surface area contributed by atoms with E-state index in [1.54, 1.807) is 0 Å². The zero-order valence-corrected chi connectivity index (χ0v) is 15.5. The van der Waals surface area contributed by atoms with E-state index in [1.165, 1.54) is 23.7 Å². The predicted octanol–water partition coefficient (Wildman–Crippen LogP) is 5.45. The second-order valence-corrected chi connectivity index (χ2v) is 6.91. The Labute approximate surface area is 160 Å². The molecule has 6 heteroatoms. The first-order valence-electron chi connectivity index (χ1n) is 8.24. The van der Waals surface area contributed by atoms with Crippen molar-refractivity contribution in [2.75, 3.05) is 20.1 Å². The van der Waals surface area contributed by atoms with Crippen LogP contribution in [0.4, 0.5) is 13.2 Å². The number of benzene rings is 2. The number of fused-ring (bicyclic) bond motifs is 1. The van der Waals surface area contributed by atoms with E-state index in [-0.39, 0.29) is 0 Å². The van der Waals surface area contributed by atoms with Gasteiger partial charge in [-0.2, -0.15) is 17.5 Å². The highest BCUT2D eigenvalue weighted by molar-refractivity contribution is 7.13. The summed E-state index contributed by atoms with van der Waals surface area (Å²) in [5.74, 6) is 6.24. The van der Waals surface area contributed by atoms with Crippen LogP contribution in [0.15, 0.2) is 55.1 Å². The summed E-state index contributed by atoms with van der Waals surface area (Å²) < 4.78 is 43.5. The molecule has 0 saturated carbocycles. The minimum absolute atomic E-state index is 0.642. The highest BCUT2D eigenvalue weighted by atomic mass is 32.1. The maximum Gasteiger partial charge on any atom is 0.416 e. The van der Waals surface area contributed by atoms with Crippen LogP contribution in [0.5, 0.6) is 0 Å².